The predicted molar refractivity (Wildman–Crippen MR) is 97.3 cm³/mol. The van der Waals surface area contributed by atoms with E-state index in [-0.39, 0.29) is 12.4 Å². The van der Waals surface area contributed by atoms with Crippen molar-refractivity contribution in [1.82, 2.24) is 9.97 Å². The first-order valence-corrected chi connectivity index (χ1v) is 8.19. The lowest BCUT2D eigenvalue weighted by molar-refractivity contribution is 0.290. The van der Waals surface area contributed by atoms with Crippen molar-refractivity contribution >= 4 is 22.6 Å². The second-order valence-corrected chi connectivity index (χ2v) is 6.10. The molecule has 3 aromatic carbocycles. The van der Waals surface area contributed by atoms with E-state index < -0.39 is 5.82 Å². The fourth-order valence-electron chi connectivity index (χ4n) is 2.60. The van der Waals surface area contributed by atoms with E-state index in [0.717, 1.165) is 16.6 Å². The molecule has 0 saturated carbocycles. The maximum atomic E-state index is 14.4. The number of imidazole rings is 1. The van der Waals surface area contributed by atoms with E-state index in [4.69, 9.17) is 16.3 Å². The fraction of sp³-hybridized carbons (Fsp3) is 0.0500. The van der Waals surface area contributed by atoms with Crippen LogP contribution in [-0.2, 0) is 6.61 Å². The molecule has 3 nitrogen and oxygen atoms in total. The maximum absolute atomic E-state index is 14.4. The van der Waals surface area contributed by atoms with Crippen molar-refractivity contribution in [2.75, 3.05) is 0 Å². The Balaban J connectivity index is 1.54. The number of para-hydroxylation sites is 2. The van der Waals surface area contributed by atoms with E-state index in [1.807, 2.05) is 36.4 Å². The Kier molecular flexibility index (Phi) is 4.12. The lowest BCUT2D eigenvalue weighted by Gasteiger charge is -2.08. The molecule has 0 radical (unpaired) electrons. The second kappa shape index (κ2) is 6.57. The number of H-pyrrole nitrogens is 1. The molecule has 0 aliphatic carbocycles. The van der Waals surface area contributed by atoms with Crippen LogP contribution in [0.5, 0.6) is 5.75 Å². The van der Waals surface area contributed by atoms with Crippen LogP contribution >= 0.6 is 11.6 Å². The quantitative estimate of drug-likeness (QED) is 0.519. The van der Waals surface area contributed by atoms with Crippen molar-refractivity contribution in [3.05, 3.63) is 83.1 Å². The van der Waals surface area contributed by atoms with Crippen LogP contribution in [-0.4, -0.2) is 9.97 Å². The van der Waals surface area contributed by atoms with Crippen LogP contribution in [0.3, 0.4) is 0 Å². The van der Waals surface area contributed by atoms with E-state index in [2.05, 4.69) is 9.97 Å². The number of halogens is 2. The minimum absolute atomic E-state index is 0.204. The van der Waals surface area contributed by atoms with Gasteiger partial charge in [-0.2, -0.15) is 0 Å². The number of fused-ring (bicyclic) bond motifs is 1. The molecule has 0 fully saturated rings. The Morgan fingerprint density at radius 1 is 1.00 bits per heavy atom. The van der Waals surface area contributed by atoms with Gasteiger partial charge in [0, 0.05) is 10.6 Å². The molecule has 25 heavy (non-hydrogen) atoms. The molecule has 0 unspecified atom stereocenters. The number of aromatic nitrogens is 2. The van der Waals surface area contributed by atoms with Crippen molar-refractivity contribution in [3.8, 4) is 17.1 Å². The highest BCUT2D eigenvalue weighted by atomic mass is 35.5. The summed E-state index contributed by atoms with van der Waals surface area (Å²) in [7, 11) is 0. The van der Waals surface area contributed by atoms with Crippen molar-refractivity contribution in [1.29, 1.82) is 0 Å². The molecule has 0 spiro atoms. The van der Waals surface area contributed by atoms with E-state index in [1.165, 1.54) is 6.07 Å². The number of ether oxygens (including phenoxy) is 1. The summed E-state index contributed by atoms with van der Waals surface area (Å²) in [5.41, 5.74) is 3.36. The molecule has 0 aliphatic rings. The second-order valence-electron chi connectivity index (χ2n) is 5.66. The van der Waals surface area contributed by atoms with Gasteiger partial charge < -0.3 is 9.72 Å². The monoisotopic (exact) mass is 352 g/mol. The van der Waals surface area contributed by atoms with Crippen molar-refractivity contribution in [2.24, 2.45) is 0 Å². The third-order valence-corrected chi connectivity index (χ3v) is 4.15. The molecule has 4 aromatic rings. The van der Waals surface area contributed by atoms with E-state index >= 15 is 0 Å². The molecule has 124 valence electrons. The Morgan fingerprint density at radius 2 is 1.80 bits per heavy atom. The summed E-state index contributed by atoms with van der Waals surface area (Å²) < 4.78 is 19.9. The molecule has 1 aromatic heterocycles. The first-order chi connectivity index (χ1) is 12.2. The van der Waals surface area contributed by atoms with Crippen LogP contribution in [0.15, 0.2) is 66.7 Å². The third kappa shape index (κ3) is 3.35. The molecule has 1 N–H and O–H groups in total. The molecule has 0 aliphatic heterocycles. The molecule has 0 bridgehead atoms. The summed E-state index contributed by atoms with van der Waals surface area (Å²) in [4.78, 5) is 7.67. The lowest BCUT2D eigenvalue weighted by Crippen LogP contribution is -1.97. The molecular weight excluding hydrogens is 339 g/mol. The van der Waals surface area contributed by atoms with Gasteiger partial charge >= 0.3 is 0 Å². The summed E-state index contributed by atoms with van der Waals surface area (Å²) in [6, 6.07) is 19.8. The highest BCUT2D eigenvalue weighted by molar-refractivity contribution is 6.30. The molecule has 0 amide bonds. The van der Waals surface area contributed by atoms with Gasteiger partial charge in [-0.3, -0.25) is 0 Å². The van der Waals surface area contributed by atoms with Gasteiger partial charge in [0.1, 0.15) is 12.4 Å². The Bertz CT molecular complexity index is 994. The van der Waals surface area contributed by atoms with Gasteiger partial charge in [0.15, 0.2) is 11.6 Å². The summed E-state index contributed by atoms with van der Waals surface area (Å²) in [5.74, 6) is 0.408. The maximum Gasteiger partial charge on any atom is 0.165 e. The average molecular weight is 353 g/mol. The van der Waals surface area contributed by atoms with Crippen LogP contribution in [0, 0.1) is 5.82 Å². The highest BCUT2D eigenvalue weighted by Crippen LogP contribution is 2.26. The first-order valence-electron chi connectivity index (χ1n) is 7.81. The number of hydrogen-bond donors (Lipinski definition) is 1. The summed E-state index contributed by atoms with van der Waals surface area (Å²) in [6.45, 7) is 0.276. The van der Waals surface area contributed by atoms with Crippen LogP contribution in [0.25, 0.3) is 22.4 Å². The highest BCUT2D eigenvalue weighted by Gasteiger charge is 2.10. The zero-order chi connectivity index (χ0) is 17.2. The summed E-state index contributed by atoms with van der Waals surface area (Å²) >= 11 is 5.85. The van der Waals surface area contributed by atoms with Gasteiger partial charge in [0.25, 0.3) is 0 Å². The molecule has 0 saturated heterocycles. The molecular formula is C20H14ClFN2O. The minimum atomic E-state index is -0.424. The topological polar surface area (TPSA) is 37.9 Å². The normalized spacial score (nSPS) is 11.0. The molecule has 4 rings (SSSR count). The van der Waals surface area contributed by atoms with E-state index in [1.54, 1.807) is 24.3 Å². The average Bonchev–Trinajstić information content (AvgIpc) is 3.06. The zero-order valence-corrected chi connectivity index (χ0v) is 13.9. The number of rotatable bonds is 4. The van der Waals surface area contributed by atoms with Gasteiger partial charge in [-0.1, -0.05) is 35.9 Å². The van der Waals surface area contributed by atoms with Crippen LogP contribution < -0.4 is 4.74 Å². The zero-order valence-electron chi connectivity index (χ0n) is 13.2. The number of nitrogens with zero attached hydrogens (tertiary/aromatic N) is 1. The first kappa shape index (κ1) is 15.7. The Morgan fingerprint density at radius 3 is 2.56 bits per heavy atom. The van der Waals surface area contributed by atoms with Gasteiger partial charge in [-0.15, -0.1) is 0 Å². The molecule has 5 heteroatoms. The standard InChI is InChI=1S/C20H14ClFN2O/c21-15-8-5-13(6-9-15)12-25-19-10-7-14(11-16(19)22)20-23-17-3-1-2-4-18(17)24-20/h1-11H,12H2,(H,23,24). The molecule has 0 atom stereocenters. The van der Waals surface area contributed by atoms with Gasteiger partial charge in [-0.05, 0) is 48.0 Å². The van der Waals surface area contributed by atoms with Crippen molar-refractivity contribution in [2.45, 2.75) is 6.61 Å². The van der Waals surface area contributed by atoms with E-state index in [0.29, 0.717) is 16.4 Å². The van der Waals surface area contributed by atoms with E-state index in [9.17, 15) is 4.39 Å². The van der Waals surface area contributed by atoms with Crippen LogP contribution in [0.4, 0.5) is 4.39 Å². The molecule has 1 heterocycles. The van der Waals surface area contributed by atoms with Crippen LogP contribution in [0.1, 0.15) is 5.56 Å². The smallest absolute Gasteiger partial charge is 0.165 e. The Hall–Kier alpha value is -2.85. The van der Waals surface area contributed by atoms with Crippen LogP contribution in [0.2, 0.25) is 5.02 Å². The minimum Gasteiger partial charge on any atom is -0.486 e. The predicted octanol–water partition coefficient (Wildman–Crippen LogP) is 5.60. The van der Waals surface area contributed by atoms with Crippen molar-refractivity contribution < 1.29 is 9.13 Å². The Labute approximate surface area is 149 Å². The summed E-state index contributed by atoms with van der Waals surface area (Å²) in [6.07, 6.45) is 0. The van der Waals surface area contributed by atoms with Gasteiger partial charge in [0.2, 0.25) is 0 Å². The fourth-order valence-corrected chi connectivity index (χ4v) is 2.72. The number of nitrogens with one attached hydrogen (secondary N) is 1. The summed E-state index contributed by atoms with van der Waals surface area (Å²) in [5, 5.41) is 0.658. The SMILES string of the molecule is Fc1cc(-c2nc3ccccc3[nH]2)ccc1OCc1ccc(Cl)cc1. The largest absolute Gasteiger partial charge is 0.486 e. The third-order valence-electron chi connectivity index (χ3n) is 3.90. The number of aromatic amines is 1. The van der Waals surface area contributed by atoms with Gasteiger partial charge in [-0.25, -0.2) is 9.37 Å². The van der Waals surface area contributed by atoms with Crippen molar-refractivity contribution in [3.63, 3.8) is 0 Å². The lowest BCUT2D eigenvalue weighted by atomic mass is 10.2. The number of benzene rings is 3. The number of hydrogen-bond acceptors (Lipinski definition) is 2. The van der Waals surface area contributed by atoms with Gasteiger partial charge in [0.05, 0.1) is 11.0 Å².